The van der Waals surface area contributed by atoms with Gasteiger partial charge in [0.2, 0.25) is 11.8 Å². The predicted octanol–water partition coefficient (Wildman–Crippen LogP) is 0.399. The number of benzene rings is 1. The van der Waals surface area contributed by atoms with Gasteiger partial charge in [-0.2, -0.15) is 0 Å². The first-order valence-corrected chi connectivity index (χ1v) is 7.63. The highest BCUT2D eigenvalue weighted by molar-refractivity contribution is 6.31. The van der Waals surface area contributed by atoms with Gasteiger partial charge in [0.05, 0.1) is 11.6 Å². The van der Waals surface area contributed by atoms with E-state index >= 15 is 0 Å². The number of nitrogens with zero attached hydrogens (tertiary/aromatic N) is 2. The van der Waals surface area contributed by atoms with Gasteiger partial charge in [0.25, 0.3) is 5.91 Å². The third-order valence-electron chi connectivity index (χ3n) is 4.10. The molecule has 0 unspecified atom stereocenters. The van der Waals surface area contributed by atoms with Crippen molar-refractivity contribution in [3.63, 3.8) is 0 Å². The Morgan fingerprint density at radius 3 is 2.87 bits per heavy atom. The molecule has 3 rings (SSSR count). The topological polar surface area (TPSA) is 92.9 Å². The van der Waals surface area contributed by atoms with Gasteiger partial charge < -0.3 is 15.4 Å². The minimum Gasteiger partial charge on any atom is -0.482 e. The first-order chi connectivity index (χ1) is 11.0. The lowest BCUT2D eigenvalue weighted by Crippen LogP contribution is -2.46. The van der Waals surface area contributed by atoms with E-state index in [0.717, 1.165) is 0 Å². The van der Waals surface area contributed by atoms with Crippen LogP contribution >= 0.6 is 11.6 Å². The zero-order valence-corrected chi connectivity index (χ0v) is 13.1. The Hall–Kier alpha value is -2.28. The normalized spacial score (nSPS) is 20.2. The van der Waals surface area contributed by atoms with Crippen LogP contribution in [0, 0.1) is 5.92 Å². The van der Waals surface area contributed by atoms with Crippen molar-refractivity contribution in [3.05, 3.63) is 23.2 Å². The first-order valence-electron chi connectivity index (χ1n) is 7.25. The van der Waals surface area contributed by atoms with Gasteiger partial charge in [-0.05, 0) is 24.6 Å². The third-order valence-corrected chi connectivity index (χ3v) is 4.34. The van der Waals surface area contributed by atoms with Crippen LogP contribution in [0.4, 0.5) is 5.69 Å². The molecule has 7 nitrogen and oxygen atoms in total. The zero-order chi connectivity index (χ0) is 16.6. The summed E-state index contributed by atoms with van der Waals surface area (Å²) in [7, 11) is 0. The molecular formula is C15H16ClN3O4. The summed E-state index contributed by atoms with van der Waals surface area (Å²) in [5.74, 6) is -0.743. The SMILES string of the molecule is NC(=O)[C@@H]1CCN(C(=O)CN2C(=O)COc3ccc(Cl)cc32)C1. The van der Waals surface area contributed by atoms with Crippen LogP contribution in [-0.4, -0.2) is 48.9 Å². The average molecular weight is 338 g/mol. The number of primary amides is 1. The van der Waals surface area contributed by atoms with Crippen LogP contribution in [0.15, 0.2) is 18.2 Å². The summed E-state index contributed by atoms with van der Waals surface area (Å²) in [5, 5.41) is 0.453. The fourth-order valence-electron chi connectivity index (χ4n) is 2.80. The number of hydrogen-bond acceptors (Lipinski definition) is 4. The van der Waals surface area contributed by atoms with Gasteiger partial charge in [-0.15, -0.1) is 0 Å². The minimum absolute atomic E-state index is 0.110. The molecular weight excluding hydrogens is 322 g/mol. The molecule has 2 N–H and O–H groups in total. The second-order valence-corrected chi connectivity index (χ2v) is 6.04. The molecule has 0 radical (unpaired) electrons. The number of carbonyl (C=O) groups excluding carboxylic acids is 3. The van der Waals surface area contributed by atoms with Crippen molar-refractivity contribution in [1.29, 1.82) is 0 Å². The Kier molecular flexibility index (Phi) is 4.12. The molecule has 23 heavy (non-hydrogen) atoms. The van der Waals surface area contributed by atoms with Crippen LogP contribution in [0.3, 0.4) is 0 Å². The van der Waals surface area contributed by atoms with Crippen molar-refractivity contribution in [2.24, 2.45) is 11.7 Å². The van der Waals surface area contributed by atoms with Crippen molar-refractivity contribution >= 4 is 35.0 Å². The largest absolute Gasteiger partial charge is 0.482 e. The Morgan fingerprint density at radius 2 is 2.17 bits per heavy atom. The summed E-state index contributed by atoms with van der Waals surface area (Å²) in [5.41, 5.74) is 5.75. The molecule has 2 heterocycles. The third kappa shape index (κ3) is 3.10. The molecule has 0 spiro atoms. The van der Waals surface area contributed by atoms with Gasteiger partial charge in [-0.1, -0.05) is 11.6 Å². The lowest BCUT2D eigenvalue weighted by atomic mass is 10.1. The van der Waals surface area contributed by atoms with Crippen LogP contribution in [0.5, 0.6) is 5.75 Å². The Balaban J connectivity index is 1.75. The van der Waals surface area contributed by atoms with Crippen LogP contribution < -0.4 is 15.4 Å². The van der Waals surface area contributed by atoms with Gasteiger partial charge in [-0.3, -0.25) is 19.3 Å². The summed E-state index contributed by atoms with van der Waals surface area (Å²) < 4.78 is 5.34. The number of fused-ring (bicyclic) bond motifs is 1. The summed E-state index contributed by atoms with van der Waals surface area (Å²) in [4.78, 5) is 38.7. The monoisotopic (exact) mass is 337 g/mol. The quantitative estimate of drug-likeness (QED) is 0.864. The number of ether oxygens (including phenoxy) is 1. The number of amides is 3. The highest BCUT2D eigenvalue weighted by atomic mass is 35.5. The van der Waals surface area contributed by atoms with Gasteiger partial charge in [0, 0.05) is 18.1 Å². The molecule has 2 aliphatic rings. The number of hydrogen-bond donors (Lipinski definition) is 1. The summed E-state index contributed by atoms with van der Waals surface area (Å²) in [6.45, 7) is 0.537. The van der Waals surface area contributed by atoms with Crippen LogP contribution in [-0.2, 0) is 14.4 Å². The molecule has 0 saturated carbocycles. The van der Waals surface area contributed by atoms with Crippen molar-refractivity contribution in [2.75, 3.05) is 31.1 Å². The van der Waals surface area contributed by atoms with Crippen LogP contribution in [0.2, 0.25) is 5.02 Å². The van der Waals surface area contributed by atoms with E-state index in [0.29, 0.717) is 36.0 Å². The van der Waals surface area contributed by atoms with Crippen LogP contribution in [0.25, 0.3) is 0 Å². The maximum Gasteiger partial charge on any atom is 0.265 e. The molecule has 3 amide bonds. The Labute approximate surface area is 137 Å². The zero-order valence-electron chi connectivity index (χ0n) is 12.3. The van der Waals surface area contributed by atoms with Gasteiger partial charge in [0.15, 0.2) is 6.61 Å². The van der Waals surface area contributed by atoms with Crippen LogP contribution in [0.1, 0.15) is 6.42 Å². The van der Waals surface area contributed by atoms with Gasteiger partial charge in [0.1, 0.15) is 12.3 Å². The lowest BCUT2D eigenvalue weighted by molar-refractivity contribution is -0.131. The smallest absolute Gasteiger partial charge is 0.265 e. The second kappa shape index (κ2) is 6.08. The van der Waals surface area contributed by atoms with Crippen molar-refractivity contribution in [2.45, 2.75) is 6.42 Å². The summed E-state index contributed by atoms with van der Waals surface area (Å²) in [6.07, 6.45) is 0.556. The average Bonchev–Trinajstić information content (AvgIpc) is 3.00. The Morgan fingerprint density at radius 1 is 1.39 bits per heavy atom. The molecule has 1 atom stereocenters. The number of carbonyl (C=O) groups is 3. The van der Waals surface area contributed by atoms with Crippen molar-refractivity contribution in [3.8, 4) is 5.75 Å². The molecule has 0 aromatic heterocycles. The number of rotatable bonds is 3. The number of halogens is 1. The molecule has 1 aromatic carbocycles. The second-order valence-electron chi connectivity index (χ2n) is 5.61. The highest BCUT2D eigenvalue weighted by Gasteiger charge is 2.33. The van der Waals surface area contributed by atoms with Gasteiger partial charge >= 0.3 is 0 Å². The fraction of sp³-hybridized carbons (Fsp3) is 0.400. The van der Waals surface area contributed by atoms with E-state index in [2.05, 4.69) is 0 Å². The summed E-state index contributed by atoms with van der Waals surface area (Å²) >= 11 is 5.97. The number of anilines is 1. The molecule has 1 saturated heterocycles. The lowest BCUT2D eigenvalue weighted by Gasteiger charge is -2.30. The van der Waals surface area contributed by atoms with Gasteiger partial charge in [-0.25, -0.2) is 0 Å². The summed E-state index contributed by atoms with van der Waals surface area (Å²) in [6, 6.07) is 4.92. The fourth-order valence-corrected chi connectivity index (χ4v) is 2.97. The Bertz CT molecular complexity index is 679. The number of likely N-dealkylation sites (tertiary alicyclic amines) is 1. The van der Waals surface area contributed by atoms with E-state index in [9.17, 15) is 14.4 Å². The van der Waals surface area contributed by atoms with E-state index in [1.165, 1.54) is 4.90 Å². The maximum atomic E-state index is 12.4. The van der Waals surface area contributed by atoms with E-state index in [1.807, 2.05) is 0 Å². The van der Waals surface area contributed by atoms with E-state index in [4.69, 9.17) is 22.1 Å². The standard InChI is InChI=1S/C15H16ClN3O4/c16-10-1-2-12-11(5-10)19(14(21)8-23-12)7-13(20)18-4-3-9(6-18)15(17)22/h1-2,5,9H,3-4,6-8H2,(H2,17,22)/t9-/m1/s1. The maximum absolute atomic E-state index is 12.4. The minimum atomic E-state index is -0.403. The molecule has 122 valence electrons. The molecule has 1 fully saturated rings. The van der Waals surface area contributed by atoms with E-state index in [-0.39, 0.29) is 30.9 Å². The van der Waals surface area contributed by atoms with E-state index in [1.54, 1.807) is 23.1 Å². The molecule has 1 aromatic rings. The van der Waals surface area contributed by atoms with E-state index < -0.39 is 5.91 Å². The van der Waals surface area contributed by atoms with Crippen molar-refractivity contribution < 1.29 is 19.1 Å². The molecule has 8 heteroatoms. The van der Waals surface area contributed by atoms with Crippen molar-refractivity contribution in [1.82, 2.24) is 4.90 Å². The molecule has 0 aliphatic carbocycles. The highest BCUT2D eigenvalue weighted by Crippen LogP contribution is 2.34. The first kappa shape index (κ1) is 15.6. The molecule has 0 bridgehead atoms. The predicted molar refractivity (Wildman–Crippen MR) is 83.2 cm³/mol. The molecule has 2 aliphatic heterocycles. The number of nitrogens with two attached hydrogens (primary N) is 1.